The summed E-state index contributed by atoms with van der Waals surface area (Å²) in [6, 6.07) is 33.9. The van der Waals surface area contributed by atoms with Crippen molar-refractivity contribution in [2.24, 2.45) is 22.4 Å². The van der Waals surface area contributed by atoms with Crippen molar-refractivity contribution in [2.75, 3.05) is 77.9 Å². The number of urea groups is 1. The fraction of sp³-hybridized carbons (Fsp3) is 0.518. The molecule has 9 N–H and O–H groups in total. The Morgan fingerprint density at radius 3 is 2.12 bits per heavy atom. The Morgan fingerprint density at radius 2 is 1.39 bits per heavy atom. The molecule has 1 aliphatic carbocycles. The molecular weight excluding hydrogens is 1280 g/mol. The normalized spacial score (nSPS) is 16.3. The molecule has 0 saturated carbocycles. The Kier molecular flexibility index (Phi) is 32.3. The highest BCUT2D eigenvalue weighted by Gasteiger charge is 2.44. The number of rotatable bonds is 44. The van der Waals surface area contributed by atoms with E-state index >= 15 is 0 Å². The van der Waals surface area contributed by atoms with Gasteiger partial charge in [-0.05, 0) is 177 Å². The van der Waals surface area contributed by atoms with Gasteiger partial charge in [-0.3, -0.25) is 29.0 Å². The molecule has 4 amide bonds. The van der Waals surface area contributed by atoms with Crippen molar-refractivity contribution in [3.05, 3.63) is 172 Å². The van der Waals surface area contributed by atoms with Crippen LogP contribution in [0.2, 0.25) is 0 Å². The van der Waals surface area contributed by atoms with Crippen LogP contribution < -0.4 is 42.4 Å². The number of anilines is 1. The van der Waals surface area contributed by atoms with Crippen molar-refractivity contribution < 1.29 is 43.2 Å². The zero-order valence-electron chi connectivity index (χ0n) is 62.6. The summed E-state index contributed by atoms with van der Waals surface area (Å²) in [5.74, 6) is -0.678. The van der Waals surface area contributed by atoms with Crippen LogP contribution in [0.4, 0.5) is 16.2 Å². The second-order valence-electron chi connectivity index (χ2n) is 29.1. The summed E-state index contributed by atoms with van der Waals surface area (Å²) >= 11 is 0. The summed E-state index contributed by atoms with van der Waals surface area (Å²) < 4.78 is 9.68. The Morgan fingerprint density at radius 1 is 0.696 bits per heavy atom. The van der Waals surface area contributed by atoms with Crippen LogP contribution in [0.5, 0.6) is 5.75 Å². The highest BCUT2D eigenvalue weighted by atomic mass is 16.5. The summed E-state index contributed by atoms with van der Waals surface area (Å²) in [5.41, 5.74) is 23.1. The number of likely N-dealkylation sites (N-methyl/N-ethyl adjacent to an activating group) is 2. The van der Waals surface area contributed by atoms with E-state index in [1.165, 1.54) is 40.3 Å². The maximum atomic E-state index is 14.5. The first kappa shape index (κ1) is 80.6. The summed E-state index contributed by atoms with van der Waals surface area (Å²) in [4.78, 5) is 88.9. The molecule has 3 aliphatic rings. The van der Waals surface area contributed by atoms with Crippen molar-refractivity contribution in [3.63, 3.8) is 0 Å². The van der Waals surface area contributed by atoms with Gasteiger partial charge in [0.1, 0.15) is 23.8 Å². The third kappa shape index (κ3) is 24.8. The van der Waals surface area contributed by atoms with Gasteiger partial charge < -0.3 is 57.3 Å². The molecule has 7 rings (SSSR count). The Balaban J connectivity index is 0.981. The molecule has 19 heteroatoms. The van der Waals surface area contributed by atoms with Gasteiger partial charge in [0.05, 0.1) is 11.5 Å². The monoisotopic (exact) mass is 1400 g/mol. The van der Waals surface area contributed by atoms with Crippen LogP contribution in [0.3, 0.4) is 0 Å². The molecule has 3 atom stereocenters. The quantitative estimate of drug-likeness (QED) is 0.00942. The van der Waals surface area contributed by atoms with E-state index in [1.54, 1.807) is 6.92 Å². The van der Waals surface area contributed by atoms with Crippen molar-refractivity contribution in [1.29, 1.82) is 0 Å². The second-order valence-corrected chi connectivity index (χ2v) is 29.1. The van der Waals surface area contributed by atoms with E-state index in [-0.39, 0.29) is 77.9 Å². The molecule has 0 aromatic heterocycles. The number of nitrogens with one attached hydrogen (secondary N) is 4. The van der Waals surface area contributed by atoms with Gasteiger partial charge in [-0.25, -0.2) is 4.79 Å². The molecule has 102 heavy (non-hydrogen) atoms. The first-order valence-electron chi connectivity index (χ1n) is 37.5. The minimum Gasteiger partial charge on any atom is -0.481 e. The predicted octanol–water partition coefficient (Wildman–Crippen LogP) is 12.7. The minimum atomic E-state index is -0.912. The first-order chi connectivity index (χ1) is 49.0. The first-order valence-corrected chi connectivity index (χ1v) is 37.5. The van der Waals surface area contributed by atoms with Gasteiger partial charge in [0, 0.05) is 131 Å². The van der Waals surface area contributed by atoms with Crippen molar-refractivity contribution in [2.45, 2.75) is 200 Å². The van der Waals surface area contributed by atoms with Crippen LogP contribution in [0, 0.1) is 5.92 Å². The van der Waals surface area contributed by atoms with Gasteiger partial charge in [0.25, 0.3) is 0 Å². The van der Waals surface area contributed by atoms with E-state index in [1.807, 2.05) is 56.6 Å². The molecule has 0 fully saturated rings. The number of carboxylic acids is 1. The van der Waals surface area contributed by atoms with E-state index in [4.69, 9.17) is 21.3 Å². The number of carbonyl (C=O) groups excluding carboxylic acids is 5. The van der Waals surface area contributed by atoms with Gasteiger partial charge in [-0.1, -0.05) is 125 Å². The Hall–Kier alpha value is -8.68. The summed E-state index contributed by atoms with van der Waals surface area (Å²) in [6.07, 6.45) is 21.8. The minimum absolute atomic E-state index is 0.0259. The Labute approximate surface area is 607 Å². The number of hydrogen-bond donors (Lipinski definition) is 7. The number of aliphatic carboxylic acids is 1. The lowest BCUT2D eigenvalue weighted by Crippen LogP contribution is -2.45. The highest BCUT2D eigenvalue weighted by Crippen LogP contribution is 2.48. The van der Waals surface area contributed by atoms with E-state index in [9.17, 15) is 28.8 Å². The lowest BCUT2D eigenvalue weighted by atomic mass is 9.81. The average molecular weight is 1400 g/mol. The number of fused-ring (bicyclic) bond motifs is 2. The summed E-state index contributed by atoms with van der Waals surface area (Å²) in [6.45, 7) is 21.1. The van der Waals surface area contributed by atoms with E-state index in [2.05, 4.69) is 172 Å². The van der Waals surface area contributed by atoms with Crippen molar-refractivity contribution in [3.8, 4) is 5.75 Å². The number of hydrogen-bond acceptors (Lipinski definition) is 11. The maximum Gasteiger partial charge on any atom is 0.314 e. The second kappa shape index (κ2) is 40.8. The number of allylic oxidation sites excluding steroid dienone is 7. The van der Waals surface area contributed by atoms with Crippen LogP contribution in [-0.4, -0.2) is 152 Å². The number of ether oxygens (including phenoxy) is 1. The number of para-hydroxylation sites is 2. The lowest BCUT2D eigenvalue weighted by Gasteiger charge is -2.27. The van der Waals surface area contributed by atoms with E-state index in [0.717, 1.165) is 105 Å². The number of aliphatic imine (C=N–C) groups is 1. The Bertz CT molecular complexity index is 3620. The van der Waals surface area contributed by atoms with Gasteiger partial charge in [0.2, 0.25) is 17.5 Å². The number of guanidine groups is 1. The zero-order valence-corrected chi connectivity index (χ0v) is 62.6. The molecule has 0 spiro atoms. The number of nitrogens with two attached hydrogens (primary N) is 2. The van der Waals surface area contributed by atoms with Crippen LogP contribution in [-0.2, 0) is 47.6 Å². The molecule has 2 heterocycles. The van der Waals surface area contributed by atoms with Crippen LogP contribution in [0.25, 0.3) is 0 Å². The number of nitrogens with zero attached hydrogens (tertiary/aromatic N) is 5. The summed E-state index contributed by atoms with van der Waals surface area (Å²) in [7, 11) is 3.95. The third-order valence-electron chi connectivity index (χ3n) is 20.0. The largest absolute Gasteiger partial charge is 0.481 e. The molecule has 19 nitrogen and oxygen atoms in total. The van der Waals surface area contributed by atoms with Gasteiger partial charge in [-0.2, -0.15) is 4.58 Å². The maximum absolute atomic E-state index is 14.5. The molecule has 4 aromatic carbocycles. The molecule has 0 saturated heterocycles. The molecule has 552 valence electrons. The lowest BCUT2D eigenvalue weighted by molar-refractivity contribution is -0.438. The fourth-order valence-electron chi connectivity index (χ4n) is 13.9. The summed E-state index contributed by atoms with van der Waals surface area (Å²) in [5, 5.41) is 20.5. The van der Waals surface area contributed by atoms with Gasteiger partial charge in [-0.15, -0.1) is 0 Å². The smallest absolute Gasteiger partial charge is 0.314 e. The van der Waals surface area contributed by atoms with Crippen LogP contribution in [0.1, 0.15) is 186 Å². The van der Waals surface area contributed by atoms with E-state index < -0.39 is 17.9 Å². The number of carboxylic acid groups (broad SMARTS) is 1. The molecule has 0 radical (unpaired) electrons. The SMILES string of the molecule is CCCCC[N+]1=C(/C=C/C2=C(Oc3ccc(CCNC(=O)[C@H](CCCN=C(N)N)CC(=O)[C@H](Cc4ccccc4)NC(=O)CCN(C)CCN(C)CCCC(=O)CCCNC(=O)N[C@@H](C)CCC(=O)O)cc3)C(=C/C=C3/N(CCCC)c4ccccc4C3(C)C)/CCC2)C(C)(C)c2ccccc21. The van der Waals surface area contributed by atoms with E-state index in [0.29, 0.717) is 84.1 Å². The zero-order chi connectivity index (χ0) is 73.6. The topological polar surface area (TPSA) is 257 Å². The van der Waals surface area contributed by atoms with Gasteiger partial charge >= 0.3 is 12.0 Å². The van der Waals surface area contributed by atoms with Crippen molar-refractivity contribution in [1.82, 2.24) is 31.1 Å². The number of carbonyl (C=O) groups is 6. The molecule has 0 unspecified atom stereocenters. The standard InChI is InChI=1S/C83H117N11O8/c1-10-12-21-54-94-72-36-20-18-34-69(72)83(6,7)75(94)45-41-64-29-22-28-63(40-44-74-82(4,5)68-33-17-19-35-71(68)93(74)53-13-11-2)78(64)102-67-42-38-61(39-43-67)47-51-86-79(100)65(30-23-49-87-80(84)85)59-73(96)70(58-62-26-15-14-16-27-62)90-76(97)48-55-92(9)57-56-91(8)52-25-32-66(95)31-24-50-88-81(101)89-60(3)37-46-77(98)99/h14-20,26-27,33-36,38-45,60,65,70H,10-13,21-25,28-32,37,46-59H2,1-9H3,(H8-,84,85,86,87,88,89,90,97,98,99,100,101)/p+1/t60-,65+,70-/m0/s1. The molecule has 0 bridgehead atoms. The average Bonchev–Trinajstić information content (AvgIpc) is 1.60. The highest BCUT2D eigenvalue weighted by molar-refractivity contribution is 6.03. The molecule has 2 aliphatic heterocycles. The predicted molar refractivity (Wildman–Crippen MR) is 412 cm³/mol. The third-order valence-corrected chi connectivity index (χ3v) is 20.0. The number of unbranched alkanes of at least 4 members (excludes halogenated alkanes) is 3. The number of benzene rings is 4. The molecular formula is C83H118N11O8+. The fourth-order valence-corrected chi connectivity index (χ4v) is 13.9. The van der Waals surface area contributed by atoms with Crippen LogP contribution in [0.15, 0.2) is 155 Å². The number of amides is 4. The van der Waals surface area contributed by atoms with Crippen LogP contribution >= 0.6 is 0 Å². The number of Topliss-reactive ketones (excluding diaryl/α,β-unsaturated/α-hetero) is 2. The van der Waals surface area contributed by atoms with Gasteiger partial charge in [0.15, 0.2) is 17.5 Å². The van der Waals surface area contributed by atoms with Crippen molar-refractivity contribution >= 4 is 58.4 Å². The molecule has 4 aromatic rings. The number of ketones is 2.